The fourth-order valence-electron chi connectivity index (χ4n) is 3.56. The number of alkyl halides is 3. The minimum Gasteiger partial charge on any atom is -0.343 e. The summed E-state index contributed by atoms with van der Waals surface area (Å²) in [6.07, 6.45) is 3.55. The standard InChI is InChI=1S/C16H20F3N3/c1-12-11-21(13-7-9-20-10-8-13)15(16(17,18)19)22(12)14-5-3-2-4-6-14/h7-11,14-15H,2-6H2,1H3. The van der Waals surface area contributed by atoms with E-state index in [-0.39, 0.29) is 6.04 Å². The second kappa shape index (κ2) is 5.82. The number of anilines is 1. The zero-order valence-electron chi connectivity index (χ0n) is 12.6. The maximum absolute atomic E-state index is 13.7. The zero-order chi connectivity index (χ0) is 15.7. The molecule has 120 valence electrons. The van der Waals surface area contributed by atoms with E-state index in [9.17, 15) is 13.2 Å². The predicted molar refractivity (Wildman–Crippen MR) is 79.0 cm³/mol. The highest BCUT2D eigenvalue weighted by atomic mass is 19.4. The fraction of sp³-hybridized carbons (Fsp3) is 0.562. The molecule has 1 aromatic rings. The molecule has 1 fully saturated rings. The van der Waals surface area contributed by atoms with Gasteiger partial charge in [-0.05, 0) is 31.9 Å². The van der Waals surface area contributed by atoms with Gasteiger partial charge in [-0.15, -0.1) is 0 Å². The van der Waals surface area contributed by atoms with Gasteiger partial charge in [-0.3, -0.25) is 4.98 Å². The van der Waals surface area contributed by atoms with E-state index in [2.05, 4.69) is 4.98 Å². The van der Waals surface area contributed by atoms with E-state index in [1.54, 1.807) is 30.2 Å². The first-order valence-corrected chi connectivity index (χ1v) is 7.70. The highest BCUT2D eigenvalue weighted by molar-refractivity contribution is 5.52. The third kappa shape index (κ3) is 2.78. The number of hydrogen-bond acceptors (Lipinski definition) is 3. The molecule has 22 heavy (non-hydrogen) atoms. The number of allylic oxidation sites excluding steroid dienone is 1. The Labute approximate surface area is 128 Å². The van der Waals surface area contributed by atoms with Crippen LogP contribution in [0.15, 0.2) is 36.4 Å². The van der Waals surface area contributed by atoms with Gasteiger partial charge >= 0.3 is 6.18 Å². The first kappa shape index (κ1) is 15.2. The van der Waals surface area contributed by atoms with Gasteiger partial charge in [0.25, 0.3) is 0 Å². The summed E-state index contributed by atoms with van der Waals surface area (Å²) in [5.74, 6) is 0. The summed E-state index contributed by atoms with van der Waals surface area (Å²) in [6, 6.07) is 3.21. The van der Waals surface area contributed by atoms with Crippen LogP contribution in [-0.4, -0.2) is 28.3 Å². The lowest BCUT2D eigenvalue weighted by molar-refractivity contribution is -0.179. The zero-order valence-corrected chi connectivity index (χ0v) is 12.6. The Morgan fingerprint density at radius 2 is 1.73 bits per heavy atom. The molecular weight excluding hydrogens is 291 g/mol. The van der Waals surface area contributed by atoms with Crippen LogP contribution in [0.5, 0.6) is 0 Å². The summed E-state index contributed by atoms with van der Waals surface area (Å²) in [4.78, 5) is 6.78. The van der Waals surface area contributed by atoms with Gasteiger partial charge in [0.15, 0.2) is 0 Å². The van der Waals surface area contributed by atoms with Gasteiger partial charge in [-0.25, -0.2) is 0 Å². The minimum absolute atomic E-state index is 0.0246. The molecule has 0 saturated heterocycles. The monoisotopic (exact) mass is 311 g/mol. The minimum atomic E-state index is -4.31. The molecule has 1 unspecified atom stereocenters. The van der Waals surface area contributed by atoms with Crippen LogP contribution in [0.3, 0.4) is 0 Å². The highest BCUT2D eigenvalue weighted by Gasteiger charge is 2.52. The van der Waals surface area contributed by atoms with E-state index in [1.165, 1.54) is 17.3 Å². The van der Waals surface area contributed by atoms with Crippen LogP contribution in [0.25, 0.3) is 0 Å². The second-order valence-corrected chi connectivity index (χ2v) is 6.00. The molecule has 0 spiro atoms. The van der Waals surface area contributed by atoms with E-state index in [0.29, 0.717) is 11.4 Å². The Morgan fingerprint density at radius 3 is 2.32 bits per heavy atom. The topological polar surface area (TPSA) is 19.4 Å². The maximum atomic E-state index is 13.7. The third-order valence-electron chi connectivity index (χ3n) is 4.48. The number of nitrogens with zero attached hydrogens (tertiary/aromatic N) is 3. The van der Waals surface area contributed by atoms with Crippen LogP contribution in [0.1, 0.15) is 39.0 Å². The van der Waals surface area contributed by atoms with Crippen LogP contribution in [0.4, 0.5) is 18.9 Å². The van der Waals surface area contributed by atoms with Crippen LogP contribution >= 0.6 is 0 Å². The first-order chi connectivity index (χ1) is 10.5. The van der Waals surface area contributed by atoms with Crippen molar-refractivity contribution in [2.45, 2.75) is 57.4 Å². The molecule has 0 radical (unpaired) electrons. The van der Waals surface area contributed by atoms with Crippen molar-refractivity contribution in [1.82, 2.24) is 9.88 Å². The van der Waals surface area contributed by atoms with Gasteiger partial charge in [0, 0.05) is 36.0 Å². The van der Waals surface area contributed by atoms with E-state index in [0.717, 1.165) is 32.1 Å². The lowest BCUT2D eigenvalue weighted by Crippen LogP contribution is -2.54. The molecule has 1 aromatic heterocycles. The summed E-state index contributed by atoms with van der Waals surface area (Å²) in [5, 5.41) is 0. The Bertz CT molecular complexity index is 535. The molecule has 0 aromatic carbocycles. The first-order valence-electron chi connectivity index (χ1n) is 7.70. The van der Waals surface area contributed by atoms with Crippen LogP contribution in [0.2, 0.25) is 0 Å². The number of hydrogen-bond donors (Lipinski definition) is 0. The van der Waals surface area contributed by atoms with Crippen molar-refractivity contribution in [1.29, 1.82) is 0 Å². The summed E-state index contributed by atoms with van der Waals surface area (Å²) >= 11 is 0. The van der Waals surface area contributed by atoms with E-state index < -0.39 is 12.3 Å². The van der Waals surface area contributed by atoms with Crippen molar-refractivity contribution in [2.75, 3.05) is 4.90 Å². The molecule has 1 aliphatic carbocycles. The van der Waals surface area contributed by atoms with Crippen molar-refractivity contribution in [2.24, 2.45) is 0 Å². The molecule has 1 saturated carbocycles. The Morgan fingerprint density at radius 1 is 1.09 bits per heavy atom. The smallest absolute Gasteiger partial charge is 0.343 e. The molecular formula is C16H20F3N3. The van der Waals surface area contributed by atoms with Crippen LogP contribution in [0, 0.1) is 0 Å². The summed E-state index contributed by atoms with van der Waals surface area (Å²) in [6.45, 7) is 1.77. The van der Waals surface area contributed by atoms with Gasteiger partial charge in [0.1, 0.15) is 0 Å². The van der Waals surface area contributed by atoms with Gasteiger partial charge in [-0.1, -0.05) is 19.3 Å². The fourth-order valence-corrected chi connectivity index (χ4v) is 3.56. The molecule has 0 bridgehead atoms. The van der Waals surface area contributed by atoms with Gasteiger partial charge < -0.3 is 9.80 Å². The van der Waals surface area contributed by atoms with Crippen LogP contribution in [-0.2, 0) is 0 Å². The van der Waals surface area contributed by atoms with Crippen molar-refractivity contribution >= 4 is 5.69 Å². The molecule has 3 rings (SSSR count). The largest absolute Gasteiger partial charge is 0.427 e. The molecule has 2 aliphatic rings. The van der Waals surface area contributed by atoms with E-state index in [4.69, 9.17) is 0 Å². The van der Waals surface area contributed by atoms with Gasteiger partial charge in [-0.2, -0.15) is 13.2 Å². The Hall–Kier alpha value is -1.72. The Balaban J connectivity index is 1.95. The lowest BCUT2D eigenvalue weighted by Gasteiger charge is -2.41. The maximum Gasteiger partial charge on any atom is 0.427 e. The highest BCUT2D eigenvalue weighted by Crippen LogP contribution is 2.41. The normalized spacial score (nSPS) is 23.8. The van der Waals surface area contributed by atoms with Gasteiger partial charge in [0.2, 0.25) is 6.17 Å². The molecule has 3 nitrogen and oxygen atoms in total. The average Bonchev–Trinajstić information content (AvgIpc) is 2.87. The van der Waals surface area contributed by atoms with Crippen molar-refractivity contribution in [3.05, 3.63) is 36.4 Å². The molecule has 6 heteroatoms. The lowest BCUT2D eigenvalue weighted by atomic mass is 9.93. The number of halogens is 3. The molecule has 1 atom stereocenters. The van der Waals surface area contributed by atoms with Crippen molar-refractivity contribution in [3.8, 4) is 0 Å². The SMILES string of the molecule is CC1=CN(c2ccncc2)C(C(F)(F)F)N1C1CCCCC1. The molecule has 0 N–H and O–H groups in total. The molecule has 2 heterocycles. The van der Waals surface area contributed by atoms with E-state index in [1.807, 2.05) is 0 Å². The average molecular weight is 311 g/mol. The quantitative estimate of drug-likeness (QED) is 0.812. The summed E-state index contributed by atoms with van der Waals surface area (Å²) in [5.41, 5.74) is 1.21. The van der Waals surface area contributed by atoms with Crippen molar-refractivity contribution < 1.29 is 13.2 Å². The summed E-state index contributed by atoms with van der Waals surface area (Å²) < 4.78 is 41.2. The summed E-state index contributed by atoms with van der Waals surface area (Å²) in [7, 11) is 0. The Kier molecular flexibility index (Phi) is 4.02. The number of aromatic nitrogens is 1. The van der Waals surface area contributed by atoms with Gasteiger partial charge in [0.05, 0.1) is 0 Å². The second-order valence-electron chi connectivity index (χ2n) is 6.00. The molecule has 0 amide bonds. The number of pyridine rings is 1. The van der Waals surface area contributed by atoms with Crippen LogP contribution < -0.4 is 4.90 Å². The number of rotatable bonds is 2. The third-order valence-corrected chi connectivity index (χ3v) is 4.48. The van der Waals surface area contributed by atoms with E-state index >= 15 is 0 Å². The predicted octanol–water partition coefficient (Wildman–Crippen LogP) is 4.29. The molecule has 1 aliphatic heterocycles. The van der Waals surface area contributed by atoms with Crippen molar-refractivity contribution in [3.63, 3.8) is 0 Å².